The molecule has 0 spiro atoms. The highest BCUT2D eigenvalue weighted by Gasteiger charge is 2.31. The maximum atomic E-state index is 16.7. The fourth-order valence-electron chi connectivity index (χ4n) is 9.10. The first-order chi connectivity index (χ1) is 35.0. The third kappa shape index (κ3) is 13.7. The summed E-state index contributed by atoms with van der Waals surface area (Å²) >= 11 is 0. The molecule has 0 saturated carbocycles. The molecule has 390 valence electrons. The first-order valence-electron chi connectivity index (χ1n) is 25.2. The first-order valence-corrected chi connectivity index (χ1v) is 28.1. The fourth-order valence-corrected chi connectivity index (χ4v) is 11.3. The average Bonchev–Trinajstić information content (AvgIpc) is 3.39. The number of nitrogens with zero attached hydrogens (tertiary/aromatic N) is 4. The van der Waals surface area contributed by atoms with Gasteiger partial charge in [0.15, 0.2) is 0 Å². The number of carbonyl (C=O) groups excluding carboxylic acids is 3. The molecule has 2 heterocycles. The second kappa shape index (κ2) is 24.4. The average molecular weight is 1040 g/mol. The Morgan fingerprint density at radius 1 is 0.644 bits per heavy atom. The zero-order valence-corrected chi connectivity index (χ0v) is 44.1. The molecule has 73 heavy (non-hydrogen) atoms. The largest absolute Gasteiger partial charge is 0.495 e. The third-order valence-electron chi connectivity index (χ3n) is 13.5. The number of rotatable bonds is 20. The van der Waals surface area contributed by atoms with Crippen molar-refractivity contribution in [2.45, 2.75) is 82.4 Å². The summed E-state index contributed by atoms with van der Waals surface area (Å²) < 4.78 is 82.4. The fraction of sp³-hybridized carbons (Fsp3) is 0.400. The summed E-state index contributed by atoms with van der Waals surface area (Å²) in [5, 5.41) is 2.91. The molecule has 7 rings (SSSR count). The van der Waals surface area contributed by atoms with Gasteiger partial charge in [-0.05, 0) is 128 Å². The highest BCUT2D eigenvalue weighted by Crippen LogP contribution is 2.31. The molecule has 15 nitrogen and oxygen atoms in total. The Morgan fingerprint density at radius 3 is 1.71 bits per heavy atom. The van der Waals surface area contributed by atoms with Gasteiger partial charge in [-0.1, -0.05) is 76.1 Å². The van der Waals surface area contributed by atoms with Gasteiger partial charge in [-0.3, -0.25) is 19.0 Å². The number of amides is 4. The van der Waals surface area contributed by atoms with Crippen LogP contribution in [-0.4, -0.2) is 115 Å². The minimum absolute atomic E-state index is 0.000714. The van der Waals surface area contributed by atoms with Crippen LogP contribution in [0.5, 0.6) is 5.75 Å². The zero-order valence-electron chi connectivity index (χ0n) is 42.5. The topological polar surface area (TPSA) is 178 Å². The van der Waals surface area contributed by atoms with Crippen LogP contribution in [0.15, 0.2) is 113 Å². The van der Waals surface area contributed by atoms with Crippen molar-refractivity contribution >= 4 is 55.0 Å². The summed E-state index contributed by atoms with van der Waals surface area (Å²) in [7, 11) is -6.71. The molecule has 0 bridgehead atoms. The van der Waals surface area contributed by atoms with Crippen LogP contribution in [-0.2, 0) is 39.3 Å². The summed E-state index contributed by atoms with van der Waals surface area (Å²) in [5.41, 5.74) is 4.34. The molecule has 3 N–H and O–H groups in total. The molecule has 2 saturated heterocycles. The number of sulfonamides is 2. The highest BCUT2D eigenvalue weighted by molar-refractivity contribution is 7.93. The van der Waals surface area contributed by atoms with Crippen molar-refractivity contribution in [2.24, 2.45) is 5.92 Å². The van der Waals surface area contributed by atoms with Crippen LogP contribution in [0.1, 0.15) is 89.4 Å². The molecule has 0 aliphatic carbocycles. The number of hydrogen-bond acceptors (Lipinski definition) is 9. The molecule has 2 aliphatic rings. The van der Waals surface area contributed by atoms with Gasteiger partial charge in [0.05, 0.1) is 28.2 Å². The number of nitrogens with one attached hydrogen (secondary N) is 3. The van der Waals surface area contributed by atoms with E-state index in [9.17, 15) is 31.2 Å². The lowest BCUT2D eigenvalue weighted by Gasteiger charge is -2.36. The molecule has 2 fully saturated rings. The number of benzene rings is 5. The first kappa shape index (κ1) is 54.1. The van der Waals surface area contributed by atoms with Gasteiger partial charge in [-0.15, -0.1) is 0 Å². The molecule has 1 atom stereocenters. The van der Waals surface area contributed by atoms with Crippen LogP contribution in [0.25, 0.3) is 0 Å². The third-order valence-corrected chi connectivity index (χ3v) is 16.2. The number of halogens is 1. The molecular formula is C55H68FN7O8S2. The van der Waals surface area contributed by atoms with E-state index in [-0.39, 0.29) is 84.6 Å². The lowest BCUT2D eigenvalue weighted by molar-refractivity contribution is 0.0663. The molecule has 2 aliphatic heterocycles. The number of para-hydroxylation sites is 2. The van der Waals surface area contributed by atoms with Gasteiger partial charge < -0.3 is 29.7 Å². The highest BCUT2D eigenvalue weighted by atomic mass is 32.2. The van der Waals surface area contributed by atoms with Gasteiger partial charge >= 0.3 is 6.03 Å². The number of ether oxygens (including phenoxy) is 1. The quantitative estimate of drug-likeness (QED) is 0.0688. The number of urea groups is 1. The zero-order chi connectivity index (χ0) is 52.3. The summed E-state index contributed by atoms with van der Waals surface area (Å²) in [6.07, 6.45) is 5.90. The molecule has 0 radical (unpaired) electrons. The summed E-state index contributed by atoms with van der Waals surface area (Å²) in [6.45, 7) is 10.1. The summed E-state index contributed by atoms with van der Waals surface area (Å²) in [5.74, 6) is -1.51. The molecule has 18 heteroatoms. The minimum Gasteiger partial charge on any atom is -0.495 e. The van der Waals surface area contributed by atoms with Gasteiger partial charge in [-0.25, -0.2) is 26.0 Å². The van der Waals surface area contributed by atoms with Crippen molar-refractivity contribution in [1.82, 2.24) is 20.0 Å². The molecule has 4 amide bonds. The maximum absolute atomic E-state index is 16.7. The van der Waals surface area contributed by atoms with E-state index in [0.29, 0.717) is 35.8 Å². The second-order valence-corrected chi connectivity index (χ2v) is 22.3. The van der Waals surface area contributed by atoms with Gasteiger partial charge in [-0.2, -0.15) is 0 Å². The van der Waals surface area contributed by atoms with E-state index in [4.69, 9.17) is 4.74 Å². The Kier molecular flexibility index (Phi) is 18.1. The maximum Gasteiger partial charge on any atom is 0.317 e. The predicted octanol–water partition coefficient (Wildman–Crippen LogP) is 8.74. The molecule has 5 aromatic carbocycles. The van der Waals surface area contributed by atoms with Crippen molar-refractivity contribution in [3.63, 3.8) is 0 Å². The Bertz CT molecular complexity index is 2960. The predicted molar refractivity (Wildman–Crippen MR) is 284 cm³/mol. The Morgan fingerprint density at radius 2 is 1.15 bits per heavy atom. The number of unbranched alkanes of at least 4 members (excludes halogenated alkanes) is 2. The van der Waals surface area contributed by atoms with Crippen molar-refractivity contribution < 1.29 is 40.3 Å². The van der Waals surface area contributed by atoms with E-state index in [1.807, 2.05) is 48.5 Å². The lowest BCUT2D eigenvalue weighted by atomic mass is 9.98. The van der Waals surface area contributed by atoms with E-state index in [2.05, 4.69) is 33.5 Å². The Balaban J connectivity index is 0.990. The normalized spacial score (nSPS) is 14.7. The van der Waals surface area contributed by atoms with Crippen molar-refractivity contribution in [2.75, 3.05) is 80.4 Å². The van der Waals surface area contributed by atoms with E-state index >= 15 is 4.39 Å². The summed E-state index contributed by atoms with van der Waals surface area (Å²) in [6, 6.07) is 28.4. The van der Waals surface area contributed by atoms with Crippen LogP contribution in [0.3, 0.4) is 0 Å². The van der Waals surface area contributed by atoms with Gasteiger partial charge in [0.25, 0.3) is 31.9 Å². The Hall–Kier alpha value is -6.66. The number of piperazine rings is 2. The number of hydrogen-bond donors (Lipinski definition) is 3. The Labute approximate surface area is 430 Å². The number of carbonyl (C=O) groups is 3. The van der Waals surface area contributed by atoms with Gasteiger partial charge in [0.1, 0.15) is 11.6 Å². The molecule has 5 aromatic rings. The number of methoxy groups -OCH3 is 1. The number of aryl methyl sites for hydroxylation is 3. The van der Waals surface area contributed by atoms with Crippen molar-refractivity contribution in [1.29, 1.82) is 0 Å². The van der Waals surface area contributed by atoms with E-state index in [1.165, 1.54) is 23.1 Å². The smallest absolute Gasteiger partial charge is 0.317 e. The lowest BCUT2D eigenvalue weighted by Crippen LogP contribution is -2.53. The van der Waals surface area contributed by atoms with Crippen molar-refractivity contribution in [3.8, 4) is 5.75 Å². The SMILES string of the molecule is CCCCc1ccc(NS(=O)(=O)c2ccc(C)c(C(=O)N3CCN(C(=O)NCC(C)Cc4cc(S(=O)(=O)Nc5ccc(CCCC)cc5)cc(C(=O)N5CCN(c6ccccc6OC)CC5)c4F)CC3)c2)cc1. The van der Waals surface area contributed by atoms with E-state index < -0.39 is 43.7 Å². The molecule has 0 aromatic heterocycles. The monoisotopic (exact) mass is 1040 g/mol. The van der Waals surface area contributed by atoms with Gasteiger partial charge in [0.2, 0.25) is 0 Å². The van der Waals surface area contributed by atoms with Crippen LogP contribution in [0.4, 0.5) is 26.2 Å². The van der Waals surface area contributed by atoms with Gasteiger partial charge in [0, 0.05) is 75.8 Å². The van der Waals surface area contributed by atoms with Crippen LogP contribution >= 0.6 is 0 Å². The number of anilines is 3. The van der Waals surface area contributed by atoms with E-state index in [0.717, 1.165) is 61.4 Å². The molecule has 1 unspecified atom stereocenters. The van der Waals surface area contributed by atoms with Crippen molar-refractivity contribution in [3.05, 3.63) is 142 Å². The second-order valence-electron chi connectivity index (χ2n) is 19.0. The van der Waals surface area contributed by atoms with Crippen LogP contribution < -0.4 is 24.4 Å². The molecular weight excluding hydrogens is 970 g/mol. The van der Waals surface area contributed by atoms with Crippen LogP contribution in [0, 0.1) is 18.7 Å². The standard InChI is InChI=1S/C55H68FN7O8S2/c1-6-8-12-41-17-21-44(22-18-41)58-72(67,68)46-25-16-40(4)48(36-46)53(64)61-30-32-63(33-31-61)55(66)57-38-39(3)34-43-35-47(73(69,70)59-45-23-19-42(20-24-45)13-9-7-2)37-49(52(43)56)54(65)62-28-26-60(27-29-62)50-14-10-11-15-51(50)71-5/h10-11,14-25,35-37,39,58-59H,6-9,12-13,26-34,38H2,1-5H3,(H,57,66). The van der Waals surface area contributed by atoms with E-state index in [1.54, 1.807) is 61.1 Å². The minimum atomic E-state index is -4.30. The van der Waals surface area contributed by atoms with Crippen LogP contribution in [0.2, 0.25) is 0 Å². The summed E-state index contributed by atoms with van der Waals surface area (Å²) in [4.78, 5) is 48.0.